The fraction of sp³-hybridized carbons (Fsp3) is 0. The van der Waals surface area contributed by atoms with Crippen molar-refractivity contribution in [2.45, 2.75) is 0 Å². The minimum Gasteiger partial charge on any atom is -0.299 e. The van der Waals surface area contributed by atoms with Gasteiger partial charge in [0.05, 0.1) is 5.03 Å². The van der Waals surface area contributed by atoms with Gasteiger partial charge in [0.2, 0.25) is 0 Å². The van der Waals surface area contributed by atoms with E-state index < -0.39 is 0 Å². The Morgan fingerprint density at radius 3 is 2.53 bits per heavy atom. The highest BCUT2D eigenvalue weighted by Gasteiger charge is 1.98. The van der Waals surface area contributed by atoms with Crippen LogP contribution < -0.4 is 0 Å². The summed E-state index contributed by atoms with van der Waals surface area (Å²) in [5.41, 5.74) is 0.863. The van der Waals surface area contributed by atoms with Crippen molar-refractivity contribution in [2.24, 2.45) is 0 Å². The van der Waals surface area contributed by atoms with Crippen molar-refractivity contribution in [3.8, 4) is 0 Å². The molecule has 74 valence electrons. The summed E-state index contributed by atoms with van der Waals surface area (Å²) in [6, 6.07) is 13.9. The number of carbonyl (C=O) groups is 1. The molecule has 0 saturated heterocycles. The van der Waals surface area contributed by atoms with Gasteiger partial charge >= 0.3 is 0 Å². The first-order valence-electron chi connectivity index (χ1n) is 4.61. The Morgan fingerprint density at radius 1 is 1.07 bits per heavy atom. The summed E-state index contributed by atoms with van der Waals surface area (Å²) in [4.78, 5) is 10.3. The van der Waals surface area contributed by atoms with E-state index in [1.807, 2.05) is 42.5 Å². The maximum Gasteiger partial charge on any atom is 0.144 e. The van der Waals surface area contributed by atoms with Crippen LogP contribution in [0.25, 0.3) is 15.8 Å². The molecule has 2 heteroatoms. The van der Waals surface area contributed by atoms with E-state index in [-0.39, 0.29) is 0 Å². The zero-order chi connectivity index (χ0) is 10.7. The van der Waals surface area contributed by atoms with Crippen molar-refractivity contribution < 1.29 is 4.79 Å². The van der Waals surface area contributed by atoms with Crippen LogP contribution in [-0.2, 0) is 4.79 Å². The first-order chi connectivity index (χ1) is 7.31. The van der Waals surface area contributed by atoms with E-state index in [4.69, 9.17) is 11.6 Å². The van der Waals surface area contributed by atoms with E-state index >= 15 is 0 Å². The maximum absolute atomic E-state index is 10.3. The third kappa shape index (κ3) is 2.08. The number of fused-ring (bicyclic) bond motifs is 1. The second-order valence-electron chi connectivity index (χ2n) is 3.21. The van der Waals surface area contributed by atoms with Gasteiger partial charge in [0, 0.05) is 0 Å². The third-order valence-electron chi connectivity index (χ3n) is 2.24. The molecule has 0 heterocycles. The molecule has 2 rings (SSSR count). The molecule has 0 radical (unpaired) electrons. The number of aldehydes is 1. The minimum absolute atomic E-state index is 0.468. The third-order valence-corrected chi connectivity index (χ3v) is 2.58. The quantitative estimate of drug-likeness (QED) is 0.554. The van der Waals surface area contributed by atoms with Crippen molar-refractivity contribution >= 4 is 33.7 Å². The molecule has 0 aliphatic heterocycles. The van der Waals surface area contributed by atoms with E-state index in [2.05, 4.69) is 0 Å². The number of halogens is 1. The lowest BCUT2D eigenvalue weighted by atomic mass is 10.1. The van der Waals surface area contributed by atoms with E-state index in [0.29, 0.717) is 11.3 Å². The summed E-state index contributed by atoms with van der Waals surface area (Å²) >= 11 is 5.94. The lowest BCUT2D eigenvalue weighted by Gasteiger charge is -2.01. The van der Waals surface area contributed by atoms with Gasteiger partial charge in [-0.15, -0.1) is 0 Å². The molecule has 0 fully saturated rings. The van der Waals surface area contributed by atoms with Crippen molar-refractivity contribution in [1.29, 1.82) is 0 Å². The van der Waals surface area contributed by atoms with Gasteiger partial charge in [-0.25, -0.2) is 0 Å². The first kappa shape index (κ1) is 9.94. The molecule has 0 aromatic heterocycles. The molecule has 0 spiro atoms. The van der Waals surface area contributed by atoms with Crippen molar-refractivity contribution in [2.75, 3.05) is 0 Å². The van der Waals surface area contributed by atoms with Gasteiger partial charge < -0.3 is 0 Å². The predicted molar refractivity (Wildman–Crippen MR) is 63.8 cm³/mol. The number of hydrogen-bond acceptors (Lipinski definition) is 1. The Kier molecular flexibility index (Phi) is 2.84. The summed E-state index contributed by atoms with van der Waals surface area (Å²) in [6.45, 7) is 0. The van der Waals surface area contributed by atoms with Gasteiger partial charge in [0.15, 0.2) is 0 Å². The molecule has 15 heavy (non-hydrogen) atoms. The normalized spacial score (nSPS) is 11.7. The van der Waals surface area contributed by atoms with Gasteiger partial charge in [0.1, 0.15) is 6.29 Å². The molecule has 1 nitrogen and oxygen atoms in total. The van der Waals surface area contributed by atoms with Crippen LogP contribution in [0.15, 0.2) is 48.5 Å². The largest absolute Gasteiger partial charge is 0.299 e. The SMILES string of the molecule is O=C/C=C(\Cl)c1ccc2ccccc2c1. The lowest BCUT2D eigenvalue weighted by molar-refractivity contribution is -0.104. The first-order valence-corrected chi connectivity index (χ1v) is 4.99. The van der Waals surface area contributed by atoms with Crippen molar-refractivity contribution in [1.82, 2.24) is 0 Å². The summed E-state index contributed by atoms with van der Waals surface area (Å²) in [5, 5.41) is 2.75. The average molecular weight is 217 g/mol. The molecule has 0 bridgehead atoms. The Hall–Kier alpha value is -1.60. The number of allylic oxidation sites excluding steroid dienone is 1. The standard InChI is InChI=1S/C13H9ClO/c14-13(7-8-15)12-6-5-10-3-1-2-4-11(10)9-12/h1-9H/b13-7-. The van der Waals surface area contributed by atoms with Crippen LogP contribution in [0.1, 0.15) is 5.56 Å². The molecule has 0 N–H and O–H groups in total. The zero-order valence-corrected chi connectivity index (χ0v) is 8.74. The number of benzene rings is 2. The molecule has 0 saturated carbocycles. The van der Waals surface area contributed by atoms with E-state index in [9.17, 15) is 4.79 Å². The van der Waals surface area contributed by atoms with E-state index in [1.165, 1.54) is 6.08 Å². The molecule has 2 aromatic carbocycles. The molecular formula is C13H9ClO. The Labute approximate surface area is 93.0 Å². The fourth-order valence-corrected chi connectivity index (χ4v) is 1.66. The lowest BCUT2D eigenvalue weighted by Crippen LogP contribution is -1.79. The Bertz CT molecular complexity index is 529. The Balaban J connectivity index is 2.56. The van der Waals surface area contributed by atoms with Gasteiger partial charge in [-0.2, -0.15) is 0 Å². The summed E-state index contributed by atoms with van der Waals surface area (Å²) < 4.78 is 0. The Morgan fingerprint density at radius 2 is 1.80 bits per heavy atom. The minimum atomic E-state index is 0.468. The average Bonchev–Trinajstić information content (AvgIpc) is 2.29. The van der Waals surface area contributed by atoms with Gasteiger partial charge in [-0.3, -0.25) is 4.79 Å². The van der Waals surface area contributed by atoms with Crippen LogP contribution in [0.3, 0.4) is 0 Å². The van der Waals surface area contributed by atoms with Crippen LogP contribution in [0, 0.1) is 0 Å². The van der Waals surface area contributed by atoms with Crippen molar-refractivity contribution in [3.63, 3.8) is 0 Å². The molecule has 0 aliphatic carbocycles. The monoisotopic (exact) mass is 216 g/mol. The molecule has 0 unspecified atom stereocenters. The zero-order valence-electron chi connectivity index (χ0n) is 7.98. The van der Waals surface area contributed by atoms with E-state index in [0.717, 1.165) is 16.3 Å². The van der Waals surface area contributed by atoms with Crippen LogP contribution >= 0.6 is 11.6 Å². The van der Waals surface area contributed by atoms with Crippen LogP contribution in [0.2, 0.25) is 0 Å². The van der Waals surface area contributed by atoms with Gasteiger partial charge in [0.25, 0.3) is 0 Å². The fourth-order valence-electron chi connectivity index (χ4n) is 1.49. The molecule has 0 amide bonds. The second-order valence-corrected chi connectivity index (χ2v) is 3.62. The number of carbonyl (C=O) groups excluding carboxylic acids is 1. The summed E-state index contributed by atoms with van der Waals surface area (Å²) in [5.74, 6) is 0. The van der Waals surface area contributed by atoms with Gasteiger partial charge in [-0.1, -0.05) is 48.0 Å². The maximum atomic E-state index is 10.3. The predicted octanol–water partition coefficient (Wildman–Crippen LogP) is 3.62. The summed E-state index contributed by atoms with van der Waals surface area (Å²) in [6.07, 6.45) is 2.04. The number of hydrogen-bond donors (Lipinski definition) is 0. The summed E-state index contributed by atoms with van der Waals surface area (Å²) in [7, 11) is 0. The highest BCUT2D eigenvalue weighted by Crippen LogP contribution is 2.23. The van der Waals surface area contributed by atoms with Gasteiger partial charge in [-0.05, 0) is 28.5 Å². The number of rotatable bonds is 2. The van der Waals surface area contributed by atoms with Crippen LogP contribution in [0.5, 0.6) is 0 Å². The topological polar surface area (TPSA) is 17.1 Å². The highest BCUT2D eigenvalue weighted by atomic mass is 35.5. The molecule has 0 atom stereocenters. The second kappa shape index (κ2) is 4.28. The van der Waals surface area contributed by atoms with E-state index in [1.54, 1.807) is 0 Å². The highest BCUT2D eigenvalue weighted by molar-refractivity contribution is 6.49. The molecule has 2 aromatic rings. The van der Waals surface area contributed by atoms with Crippen LogP contribution in [0.4, 0.5) is 0 Å². The van der Waals surface area contributed by atoms with Crippen LogP contribution in [-0.4, -0.2) is 6.29 Å². The van der Waals surface area contributed by atoms with Crippen molar-refractivity contribution in [3.05, 3.63) is 54.1 Å². The molecule has 0 aliphatic rings. The smallest absolute Gasteiger partial charge is 0.144 e. The molecular weight excluding hydrogens is 208 g/mol.